The van der Waals surface area contributed by atoms with E-state index in [9.17, 15) is 9.59 Å². The molecule has 1 heterocycles. The molecular formula is C17H22N4O3. The molecule has 0 unspecified atom stereocenters. The summed E-state index contributed by atoms with van der Waals surface area (Å²) in [6.45, 7) is 6.96. The Morgan fingerprint density at radius 2 is 1.88 bits per heavy atom. The predicted octanol–water partition coefficient (Wildman–Crippen LogP) is 1.63. The van der Waals surface area contributed by atoms with Crippen molar-refractivity contribution < 1.29 is 14.7 Å². The molecule has 24 heavy (non-hydrogen) atoms. The van der Waals surface area contributed by atoms with Crippen LogP contribution in [0.25, 0.3) is 0 Å². The van der Waals surface area contributed by atoms with Gasteiger partial charge in [-0.2, -0.15) is 0 Å². The number of carbonyl (C=O) groups excluding carboxylic acids is 1. The van der Waals surface area contributed by atoms with Crippen LogP contribution in [0.4, 0.5) is 0 Å². The number of benzene rings is 1. The lowest BCUT2D eigenvalue weighted by molar-refractivity contribution is -0.121. The number of carbonyl (C=O) groups is 2. The Bertz CT molecular complexity index is 714. The molecule has 1 aromatic carbocycles. The van der Waals surface area contributed by atoms with Gasteiger partial charge in [-0.1, -0.05) is 50.3 Å². The summed E-state index contributed by atoms with van der Waals surface area (Å²) in [5.41, 5.74) is 2.37. The summed E-state index contributed by atoms with van der Waals surface area (Å²) in [4.78, 5) is 22.5. The monoisotopic (exact) mass is 330 g/mol. The van der Waals surface area contributed by atoms with Crippen LogP contribution >= 0.6 is 0 Å². The molecule has 2 aromatic rings. The minimum atomic E-state index is -1.17. The molecule has 0 atom stereocenters. The summed E-state index contributed by atoms with van der Waals surface area (Å²) in [5, 5.41) is 18.6. The maximum atomic E-state index is 11.8. The van der Waals surface area contributed by atoms with Gasteiger partial charge in [-0.3, -0.25) is 4.79 Å². The maximum absolute atomic E-state index is 11.8. The van der Waals surface area contributed by atoms with Crippen molar-refractivity contribution in [1.82, 2.24) is 20.3 Å². The number of aromatic nitrogens is 3. The number of amides is 1. The fraction of sp³-hybridized carbons (Fsp3) is 0.412. The lowest BCUT2D eigenvalue weighted by Gasteiger charge is -2.19. The highest BCUT2D eigenvalue weighted by molar-refractivity contribution is 5.84. The van der Waals surface area contributed by atoms with Gasteiger partial charge in [-0.15, -0.1) is 5.10 Å². The van der Waals surface area contributed by atoms with Crippen LogP contribution in [0.5, 0.6) is 0 Å². The Morgan fingerprint density at radius 3 is 2.42 bits per heavy atom. The molecular weight excluding hydrogens is 308 g/mol. The molecule has 0 saturated carbocycles. The zero-order valence-corrected chi connectivity index (χ0v) is 14.1. The van der Waals surface area contributed by atoms with Crippen molar-refractivity contribution in [3.05, 3.63) is 47.3 Å². The number of hydrogen-bond donors (Lipinski definition) is 2. The van der Waals surface area contributed by atoms with E-state index in [0.717, 1.165) is 12.0 Å². The van der Waals surface area contributed by atoms with Crippen molar-refractivity contribution in [1.29, 1.82) is 0 Å². The first kappa shape index (κ1) is 17.7. The number of hydrogen-bond acceptors (Lipinski definition) is 4. The molecule has 0 aliphatic carbocycles. The van der Waals surface area contributed by atoms with Crippen molar-refractivity contribution in [3.8, 4) is 0 Å². The molecule has 0 aliphatic rings. The second kappa shape index (κ2) is 7.25. The van der Waals surface area contributed by atoms with Crippen LogP contribution in [0, 0.1) is 0 Å². The zero-order valence-electron chi connectivity index (χ0n) is 14.1. The number of rotatable bonds is 6. The molecule has 0 fully saturated rings. The first-order chi connectivity index (χ1) is 11.3. The molecule has 1 aromatic heterocycles. The van der Waals surface area contributed by atoms with E-state index in [-0.39, 0.29) is 23.6 Å². The van der Waals surface area contributed by atoms with E-state index in [2.05, 4.69) is 60.7 Å². The SMILES string of the molecule is CC(C)(C)c1ccc(CCNC(=O)Cn2cc(C(=O)O)nn2)cc1. The molecule has 1 amide bonds. The average Bonchev–Trinajstić information content (AvgIpc) is 2.95. The quantitative estimate of drug-likeness (QED) is 0.839. The fourth-order valence-electron chi connectivity index (χ4n) is 2.19. The molecule has 7 heteroatoms. The van der Waals surface area contributed by atoms with E-state index in [4.69, 9.17) is 5.11 Å². The number of nitrogens with zero attached hydrogens (tertiary/aromatic N) is 3. The second-order valence-electron chi connectivity index (χ2n) is 6.65. The average molecular weight is 330 g/mol. The molecule has 2 N–H and O–H groups in total. The predicted molar refractivity (Wildman–Crippen MR) is 88.8 cm³/mol. The Hall–Kier alpha value is -2.70. The standard InChI is InChI=1S/C17H22N4O3/c1-17(2,3)13-6-4-12(5-7-13)8-9-18-15(22)11-21-10-14(16(23)24)19-20-21/h4-7,10H,8-9,11H2,1-3H3,(H,18,22)(H,23,24). The van der Waals surface area contributed by atoms with Gasteiger partial charge >= 0.3 is 5.97 Å². The lowest BCUT2D eigenvalue weighted by atomic mass is 9.86. The molecule has 7 nitrogen and oxygen atoms in total. The van der Waals surface area contributed by atoms with Crippen molar-refractivity contribution in [2.24, 2.45) is 0 Å². The molecule has 2 rings (SSSR count). The Balaban J connectivity index is 1.78. The van der Waals surface area contributed by atoms with Crippen LogP contribution in [-0.4, -0.2) is 38.5 Å². The molecule has 0 spiro atoms. The van der Waals surface area contributed by atoms with Gasteiger partial charge in [-0.05, 0) is 23.0 Å². The lowest BCUT2D eigenvalue weighted by Crippen LogP contribution is -2.29. The van der Waals surface area contributed by atoms with Crippen LogP contribution in [-0.2, 0) is 23.2 Å². The topological polar surface area (TPSA) is 97.1 Å². The highest BCUT2D eigenvalue weighted by atomic mass is 16.4. The van der Waals surface area contributed by atoms with Crippen LogP contribution in [0.15, 0.2) is 30.5 Å². The second-order valence-corrected chi connectivity index (χ2v) is 6.65. The molecule has 128 valence electrons. The third kappa shape index (κ3) is 4.91. The number of nitrogens with one attached hydrogen (secondary N) is 1. The third-order valence-electron chi connectivity index (χ3n) is 3.62. The minimum absolute atomic E-state index is 0.0523. The molecule has 0 bridgehead atoms. The van der Waals surface area contributed by atoms with Crippen molar-refractivity contribution in [2.45, 2.75) is 39.2 Å². The van der Waals surface area contributed by atoms with Gasteiger partial charge in [0.1, 0.15) is 6.54 Å². The van der Waals surface area contributed by atoms with Crippen molar-refractivity contribution >= 4 is 11.9 Å². The summed E-state index contributed by atoms with van der Waals surface area (Å²) in [6.07, 6.45) is 1.96. The largest absolute Gasteiger partial charge is 0.476 e. The van der Waals surface area contributed by atoms with Crippen LogP contribution in [0.3, 0.4) is 0 Å². The van der Waals surface area contributed by atoms with E-state index < -0.39 is 5.97 Å². The van der Waals surface area contributed by atoms with Crippen molar-refractivity contribution in [3.63, 3.8) is 0 Å². The molecule has 0 saturated heterocycles. The normalized spacial score (nSPS) is 11.3. The highest BCUT2D eigenvalue weighted by Gasteiger charge is 2.13. The third-order valence-corrected chi connectivity index (χ3v) is 3.62. The van der Waals surface area contributed by atoms with Crippen molar-refractivity contribution in [2.75, 3.05) is 6.54 Å². The molecule has 0 radical (unpaired) electrons. The summed E-state index contributed by atoms with van der Waals surface area (Å²) in [7, 11) is 0. The summed E-state index contributed by atoms with van der Waals surface area (Å²) < 4.78 is 1.21. The van der Waals surface area contributed by atoms with Gasteiger partial charge < -0.3 is 10.4 Å². The van der Waals surface area contributed by atoms with Crippen LogP contribution in [0.2, 0.25) is 0 Å². The van der Waals surface area contributed by atoms with E-state index in [1.54, 1.807) is 0 Å². The minimum Gasteiger partial charge on any atom is -0.476 e. The molecule has 0 aliphatic heterocycles. The van der Waals surface area contributed by atoms with Crippen LogP contribution < -0.4 is 5.32 Å². The van der Waals surface area contributed by atoms with Gasteiger partial charge in [0, 0.05) is 6.54 Å². The van der Waals surface area contributed by atoms with E-state index >= 15 is 0 Å². The number of aromatic carboxylic acids is 1. The zero-order chi connectivity index (χ0) is 17.7. The van der Waals surface area contributed by atoms with Crippen LogP contribution in [0.1, 0.15) is 42.4 Å². The first-order valence-electron chi connectivity index (χ1n) is 7.75. The summed E-state index contributed by atoms with van der Waals surface area (Å²) >= 11 is 0. The first-order valence-corrected chi connectivity index (χ1v) is 7.75. The summed E-state index contributed by atoms with van der Waals surface area (Å²) in [5.74, 6) is -1.40. The fourth-order valence-corrected chi connectivity index (χ4v) is 2.19. The smallest absolute Gasteiger partial charge is 0.358 e. The maximum Gasteiger partial charge on any atom is 0.358 e. The van der Waals surface area contributed by atoms with Gasteiger partial charge in [0.25, 0.3) is 0 Å². The number of carboxylic acid groups (broad SMARTS) is 1. The van der Waals surface area contributed by atoms with Gasteiger partial charge in [0.15, 0.2) is 5.69 Å². The Morgan fingerprint density at radius 1 is 1.21 bits per heavy atom. The van der Waals surface area contributed by atoms with E-state index in [0.29, 0.717) is 6.54 Å². The highest BCUT2D eigenvalue weighted by Crippen LogP contribution is 2.22. The number of carboxylic acids is 1. The Labute approximate surface area is 140 Å². The van der Waals surface area contributed by atoms with E-state index in [1.165, 1.54) is 16.4 Å². The van der Waals surface area contributed by atoms with Gasteiger partial charge in [0.05, 0.1) is 6.20 Å². The Kier molecular flexibility index (Phi) is 5.33. The van der Waals surface area contributed by atoms with Gasteiger partial charge in [-0.25, -0.2) is 9.48 Å². The van der Waals surface area contributed by atoms with Gasteiger partial charge in [0.2, 0.25) is 5.91 Å². The van der Waals surface area contributed by atoms with E-state index in [1.807, 2.05) is 0 Å². The summed E-state index contributed by atoms with van der Waals surface area (Å²) in [6, 6.07) is 8.37.